The SMILES string of the molecule is CC/C=C\C/C=C\C/C=C\C/C=C\CCCCCCCCCCCCCCCCC(=O)OC(COC(=O)CCCCCCCCCCCCCC/C=C\C/C=C\C/C=C\C/C=C\CC)COP(=O)([O-])OCC[N+](C)(C)C. The Hall–Kier alpha value is -3.07. The van der Waals surface area contributed by atoms with Gasteiger partial charge in [-0.2, -0.15) is 0 Å². The summed E-state index contributed by atoms with van der Waals surface area (Å²) in [5.74, 6) is -0.834. The van der Waals surface area contributed by atoms with Crippen LogP contribution in [0.15, 0.2) is 97.2 Å². The Balaban J connectivity index is 4.12. The summed E-state index contributed by atoms with van der Waals surface area (Å²) in [7, 11) is 1.16. The Morgan fingerprint density at radius 3 is 1.05 bits per heavy atom. The first kappa shape index (κ1) is 72.9. The van der Waals surface area contributed by atoms with Crippen LogP contribution in [0.3, 0.4) is 0 Å². The van der Waals surface area contributed by atoms with E-state index in [1.165, 1.54) is 135 Å². The number of phosphoric acid groups is 1. The lowest BCUT2D eigenvalue weighted by Crippen LogP contribution is -2.37. The average Bonchev–Trinajstić information content (AvgIpc) is 3.38. The summed E-state index contributed by atoms with van der Waals surface area (Å²) in [6.45, 7) is 4.03. The molecule has 0 aliphatic heterocycles. The van der Waals surface area contributed by atoms with Gasteiger partial charge in [-0.05, 0) is 89.9 Å². The second kappa shape index (κ2) is 56.6. The van der Waals surface area contributed by atoms with E-state index in [-0.39, 0.29) is 32.0 Å². The first-order valence-corrected chi connectivity index (χ1v) is 32.4. The molecular formula is C66H116NO8P. The molecule has 0 radical (unpaired) electrons. The molecule has 0 amide bonds. The molecule has 10 heteroatoms. The zero-order chi connectivity index (χ0) is 55.6. The number of rotatable bonds is 56. The maximum atomic E-state index is 12.8. The van der Waals surface area contributed by atoms with E-state index in [2.05, 4.69) is 111 Å². The minimum atomic E-state index is -4.64. The van der Waals surface area contributed by atoms with Crippen molar-refractivity contribution in [1.29, 1.82) is 0 Å². The van der Waals surface area contributed by atoms with Crippen LogP contribution in [0.2, 0.25) is 0 Å². The fraction of sp³-hybridized carbons (Fsp3) is 0.727. The van der Waals surface area contributed by atoms with Crippen LogP contribution in [0, 0.1) is 0 Å². The Bertz CT molecular complexity index is 1600. The van der Waals surface area contributed by atoms with Gasteiger partial charge in [-0.3, -0.25) is 14.2 Å². The van der Waals surface area contributed by atoms with Gasteiger partial charge < -0.3 is 27.9 Å². The van der Waals surface area contributed by atoms with E-state index in [1.54, 1.807) is 0 Å². The molecule has 0 fully saturated rings. The first-order chi connectivity index (χ1) is 37.0. The van der Waals surface area contributed by atoms with Crippen LogP contribution in [0.25, 0.3) is 0 Å². The molecule has 0 aliphatic carbocycles. The number of likely N-dealkylation sites (N-methyl/N-ethyl adjacent to an activating group) is 1. The van der Waals surface area contributed by atoms with Crippen molar-refractivity contribution < 1.29 is 42.1 Å². The van der Waals surface area contributed by atoms with Crippen molar-refractivity contribution in [2.45, 2.75) is 264 Å². The Morgan fingerprint density at radius 1 is 0.408 bits per heavy atom. The minimum absolute atomic E-state index is 0.0344. The summed E-state index contributed by atoms with van der Waals surface area (Å²) < 4.78 is 34.2. The van der Waals surface area contributed by atoms with E-state index in [0.717, 1.165) is 89.9 Å². The standard InChI is InChI=1S/C66H116NO8P/c1-6-8-10-12-14-16-18-20-22-24-26-28-30-32-33-35-37-39-41-43-45-47-49-51-53-55-57-59-66(69)75-64(63-74-76(70,71)73-61-60-67(3,4)5)62-72-65(68)58-56-54-52-50-48-46-44-42-40-38-36-34-31-29-27-25-23-21-19-17-15-13-11-9-7-2/h8-11,14-17,20-23,26-29,64H,6-7,12-13,18-19,24-25,30-63H2,1-5H3/b10-8-,11-9-,16-14-,17-15-,22-20-,23-21-,28-26-,29-27-. The third-order valence-electron chi connectivity index (χ3n) is 13.1. The molecule has 0 aromatic heterocycles. The second-order valence-corrected chi connectivity index (χ2v) is 23.1. The predicted octanol–water partition coefficient (Wildman–Crippen LogP) is 19.0. The maximum absolute atomic E-state index is 12.8. The van der Waals surface area contributed by atoms with Gasteiger partial charge in [0, 0.05) is 12.8 Å². The van der Waals surface area contributed by atoms with Crippen molar-refractivity contribution in [2.75, 3.05) is 47.5 Å². The van der Waals surface area contributed by atoms with Crippen molar-refractivity contribution >= 4 is 19.8 Å². The Labute approximate surface area is 468 Å². The number of quaternary nitrogens is 1. The number of allylic oxidation sites excluding steroid dienone is 16. The molecule has 2 atom stereocenters. The average molecular weight is 1080 g/mol. The van der Waals surface area contributed by atoms with Crippen LogP contribution in [-0.2, 0) is 32.7 Å². The van der Waals surface area contributed by atoms with Crippen molar-refractivity contribution in [3.05, 3.63) is 97.2 Å². The molecule has 0 heterocycles. The monoisotopic (exact) mass is 1080 g/mol. The number of ether oxygens (including phenoxy) is 2. The van der Waals surface area contributed by atoms with Gasteiger partial charge in [-0.25, -0.2) is 0 Å². The minimum Gasteiger partial charge on any atom is -0.756 e. The molecule has 0 saturated heterocycles. The van der Waals surface area contributed by atoms with Crippen molar-refractivity contribution in [3.63, 3.8) is 0 Å². The van der Waals surface area contributed by atoms with Crippen LogP contribution in [-0.4, -0.2) is 70.0 Å². The summed E-state index contributed by atoms with van der Waals surface area (Å²) in [5.41, 5.74) is 0. The molecule has 0 spiro atoms. The molecule has 438 valence electrons. The van der Waals surface area contributed by atoms with Crippen LogP contribution < -0.4 is 4.89 Å². The van der Waals surface area contributed by atoms with E-state index < -0.39 is 26.5 Å². The molecule has 0 aromatic rings. The van der Waals surface area contributed by atoms with Crippen molar-refractivity contribution in [3.8, 4) is 0 Å². The van der Waals surface area contributed by atoms with Gasteiger partial charge in [0.15, 0.2) is 6.10 Å². The molecule has 0 rings (SSSR count). The van der Waals surface area contributed by atoms with E-state index >= 15 is 0 Å². The lowest BCUT2D eigenvalue weighted by molar-refractivity contribution is -0.870. The topological polar surface area (TPSA) is 111 Å². The molecule has 2 unspecified atom stereocenters. The molecule has 0 aliphatic rings. The van der Waals surface area contributed by atoms with Crippen LogP contribution in [0.5, 0.6) is 0 Å². The Morgan fingerprint density at radius 2 is 0.711 bits per heavy atom. The fourth-order valence-corrected chi connectivity index (χ4v) is 9.13. The van der Waals surface area contributed by atoms with E-state index in [1.807, 2.05) is 21.1 Å². The van der Waals surface area contributed by atoms with Gasteiger partial charge in [0.05, 0.1) is 27.7 Å². The number of unbranched alkanes of at least 4 members (excludes halogenated alkanes) is 26. The molecule has 0 bridgehead atoms. The van der Waals surface area contributed by atoms with Crippen LogP contribution >= 0.6 is 7.82 Å². The quantitative estimate of drug-likeness (QED) is 0.0195. The van der Waals surface area contributed by atoms with Gasteiger partial charge in [0.25, 0.3) is 7.82 Å². The molecule has 0 N–H and O–H groups in total. The van der Waals surface area contributed by atoms with Crippen LogP contribution in [0.4, 0.5) is 0 Å². The number of hydrogen-bond acceptors (Lipinski definition) is 8. The normalized spacial score (nSPS) is 13.9. The van der Waals surface area contributed by atoms with Gasteiger partial charge in [-0.15, -0.1) is 0 Å². The zero-order valence-electron chi connectivity index (χ0n) is 49.7. The number of carbonyl (C=O) groups is 2. The summed E-state index contributed by atoms with van der Waals surface area (Å²) in [6.07, 6.45) is 77.4. The number of carbonyl (C=O) groups excluding carboxylic acids is 2. The number of hydrogen-bond donors (Lipinski definition) is 0. The van der Waals surface area contributed by atoms with Crippen molar-refractivity contribution in [2.24, 2.45) is 0 Å². The third-order valence-corrected chi connectivity index (χ3v) is 14.1. The highest BCUT2D eigenvalue weighted by Gasteiger charge is 2.22. The molecule has 76 heavy (non-hydrogen) atoms. The predicted molar refractivity (Wildman–Crippen MR) is 323 cm³/mol. The van der Waals surface area contributed by atoms with E-state index in [0.29, 0.717) is 17.4 Å². The number of nitrogens with zero attached hydrogens (tertiary/aromatic N) is 1. The Kier molecular flexibility index (Phi) is 54.4. The van der Waals surface area contributed by atoms with Gasteiger partial charge >= 0.3 is 11.9 Å². The fourth-order valence-electron chi connectivity index (χ4n) is 8.40. The van der Waals surface area contributed by atoms with Crippen molar-refractivity contribution in [1.82, 2.24) is 0 Å². The van der Waals surface area contributed by atoms with Gasteiger partial charge in [0.1, 0.15) is 19.8 Å². The molecular weight excluding hydrogens is 966 g/mol. The van der Waals surface area contributed by atoms with E-state index in [9.17, 15) is 19.0 Å². The van der Waals surface area contributed by atoms with Gasteiger partial charge in [0.2, 0.25) is 0 Å². The molecule has 0 aromatic carbocycles. The highest BCUT2D eigenvalue weighted by Crippen LogP contribution is 2.38. The summed E-state index contributed by atoms with van der Waals surface area (Å²) in [6, 6.07) is 0. The summed E-state index contributed by atoms with van der Waals surface area (Å²) >= 11 is 0. The lowest BCUT2D eigenvalue weighted by Gasteiger charge is -2.28. The number of phosphoric ester groups is 1. The van der Waals surface area contributed by atoms with Gasteiger partial charge in [-0.1, -0.05) is 252 Å². The summed E-state index contributed by atoms with van der Waals surface area (Å²) in [5, 5.41) is 0. The third kappa shape index (κ3) is 60.2. The van der Waals surface area contributed by atoms with E-state index in [4.69, 9.17) is 18.5 Å². The second-order valence-electron chi connectivity index (χ2n) is 21.7. The molecule has 0 saturated carbocycles. The largest absolute Gasteiger partial charge is 0.756 e. The summed E-state index contributed by atoms with van der Waals surface area (Å²) in [4.78, 5) is 38.0. The highest BCUT2D eigenvalue weighted by molar-refractivity contribution is 7.45. The first-order valence-electron chi connectivity index (χ1n) is 30.9. The molecule has 9 nitrogen and oxygen atoms in total. The number of esters is 2. The smallest absolute Gasteiger partial charge is 0.306 e. The van der Waals surface area contributed by atoms with Crippen LogP contribution in [0.1, 0.15) is 258 Å². The maximum Gasteiger partial charge on any atom is 0.306 e. The zero-order valence-corrected chi connectivity index (χ0v) is 50.6. The lowest BCUT2D eigenvalue weighted by atomic mass is 10.0. The highest BCUT2D eigenvalue weighted by atomic mass is 31.2.